The topological polar surface area (TPSA) is 29.1 Å². The molecule has 106 valence electrons. The first kappa shape index (κ1) is 15.9. The Morgan fingerprint density at radius 2 is 1.47 bits per heavy atom. The fourth-order valence-electron chi connectivity index (χ4n) is 2.10. The lowest BCUT2D eigenvalue weighted by Gasteiger charge is -2.25. The van der Waals surface area contributed by atoms with Gasteiger partial charge >= 0.3 is 0 Å². The van der Waals surface area contributed by atoms with Crippen molar-refractivity contribution in [1.29, 1.82) is 0 Å². The molecular weight excluding hydrogens is 234 g/mol. The van der Waals surface area contributed by atoms with Crippen molar-refractivity contribution >= 4 is 5.78 Å². The highest BCUT2D eigenvalue weighted by Crippen LogP contribution is 2.22. The van der Waals surface area contributed by atoms with Gasteiger partial charge in [-0.15, -0.1) is 0 Å². The molecule has 2 heteroatoms. The van der Waals surface area contributed by atoms with Crippen LogP contribution >= 0.6 is 0 Å². The van der Waals surface area contributed by atoms with Crippen molar-refractivity contribution < 1.29 is 4.79 Å². The Morgan fingerprint density at radius 3 is 1.84 bits per heavy atom. The molecule has 0 heterocycles. The van der Waals surface area contributed by atoms with Crippen molar-refractivity contribution in [2.24, 2.45) is 0 Å². The van der Waals surface area contributed by atoms with Crippen LogP contribution in [0.2, 0.25) is 0 Å². The number of Topliss-reactive ketones (excluding diaryl/α,β-unsaturated/α-hetero) is 1. The van der Waals surface area contributed by atoms with Gasteiger partial charge in [-0.25, -0.2) is 0 Å². The monoisotopic (exact) mass is 261 g/mol. The molecule has 0 spiro atoms. The van der Waals surface area contributed by atoms with Gasteiger partial charge in [-0.2, -0.15) is 0 Å². The van der Waals surface area contributed by atoms with Gasteiger partial charge in [0.2, 0.25) is 0 Å². The fraction of sp³-hybridized carbons (Fsp3) is 0.588. The first-order chi connectivity index (χ1) is 8.50. The van der Waals surface area contributed by atoms with Gasteiger partial charge in [-0.1, -0.05) is 45.0 Å². The van der Waals surface area contributed by atoms with E-state index in [-0.39, 0.29) is 22.8 Å². The van der Waals surface area contributed by atoms with Crippen LogP contribution in [0.25, 0.3) is 0 Å². The van der Waals surface area contributed by atoms with Crippen molar-refractivity contribution in [2.45, 2.75) is 65.5 Å². The Kier molecular flexibility index (Phi) is 4.57. The number of nitrogens with one attached hydrogen (secondary N) is 1. The molecule has 0 aliphatic rings. The smallest absolute Gasteiger partial charge is 0.179 e. The molecule has 1 rings (SSSR count). The van der Waals surface area contributed by atoms with Gasteiger partial charge in [0.1, 0.15) is 0 Å². The van der Waals surface area contributed by atoms with E-state index in [9.17, 15) is 4.79 Å². The van der Waals surface area contributed by atoms with Crippen molar-refractivity contribution in [3.63, 3.8) is 0 Å². The zero-order valence-corrected chi connectivity index (χ0v) is 13.3. The molecule has 2 nitrogen and oxygen atoms in total. The summed E-state index contributed by atoms with van der Waals surface area (Å²) in [6.45, 7) is 14.7. The van der Waals surface area contributed by atoms with Gasteiger partial charge in [0.25, 0.3) is 0 Å². The Balaban J connectivity index is 2.84. The van der Waals surface area contributed by atoms with E-state index in [2.05, 4.69) is 59.0 Å². The van der Waals surface area contributed by atoms with Crippen LogP contribution in [0.1, 0.15) is 64.4 Å². The molecule has 0 saturated heterocycles. The molecule has 0 radical (unpaired) electrons. The third-order valence-corrected chi connectivity index (χ3v) is 3.08. The molecule has 0 fully saturated rings. The first-order valence-electron chi connectivity index (χ1n) is 6.93. The highest BCUT2D eigenvalue weighted by Gasteiger charge is 2.21. The summed E-state index contributed by atoms with van der Waals surface area (Å²) < 4.78 is 0. The molecule has 19 heavy (non-hydrogen) atoms. The second-order valence-electron chi connectivity index (χ2n) is 7.31. The van der Waals surface area contributed by atoms with E-state index in [1.165, 1.54) is 5.56 Å². The predicted octanol–water partition coefficient (Wildman–Crippen LogP) is 3.94. The molecule has 0 aliphatic heterocycles. The van der Waals surface area contributed by atoms with E-state index < -0.39 is 0 Å². The van der Waals surface area contributed by atoms with Crippen molar-refractivity contribution in [3.05, 3.63) is 35.4 Å². The third-order valence-electron chi connectivity index (χ3n) is 3.08. The molecule has 0 amide bonds. The zero-order chi connectivity index (χ0) is 14.8. The number of carbonyl (C=O) groups excluding carboxylic acids is 1. The lowest BCUT2D eigenvalue weighted by atomic mass is 9.86. The summed E-state index contributed by atoms with van der Waals surface area (Å²) in [6.07, 6.45) is 0. The average molecular weight is 261 g/mol. The third kappa shape index (κ3) is 4.79. The molecule has 0 aliphatic carbocycles. The van der Waals surface area contributed by atoms with Gasteiger partial charge in [0.05, 0.1) is 6.04 Å². The van der Waals surface area contributed by atoms with Crippen LogP contribution in [-0.2, 0) is 5.41 Å². The van der Waals surface area contributed by atoms with Crippen LogP contribution < -0.4 is 5.32 Å². The summed E-state index contributed by atoms with van der Waals surface area (Å²) in [6, 6.07) is 7.81. The van der Waals surface area contributed by atoms with Crippen LogP contribution in [0.3, 0.4) is 0 Å². The summed E-state index contributed by atoms with van der Waals surface area (Å²) in [5.41, 5.74) is 2.09. The maximum Gasteiger partial charge on any atom is 0.179 e. The van der Waals surface area contributed by atoms with Crippen LogP contribution in [0.5, 0.6) is 0 Å². The number of hydrogen-bond donors (Lipinski definition) is 1. The minimum atomic E-state index is -0.166. The largest absolute Gasteiger partial charge is 0.303 e. The zero-order valence-electron chi connectivity index (χ0n) is 13.3. The summed E-state index contributed by atoms with van der Waals surface area (Å²) in [4.78, 5) is 12.3. The van der Waals surface area contributed by atoms with E-state index in [4.69, 9.17) is 0 Å². The molecule has 0 aromatic heterocycles. The highest BCUT2D eigenvalue weighted by molar-refractivity contribution is 5.99. The second-order valence-corrected chi connectivity index (χ2v) is 7.31. The van der Waals surface area contributed by atoms with E-state index in [0.717, 1.165) is 5.56 Å². The second kappa shape index (κ2) is 5.46. The molecule has 1 atom stereocenters. The molecule has 1 aromatic rings. The van der Waals surface area contributed by atoms with E-state index in [1.807, 2.05) is 19.1 Å². The van der Waals surface area contributed by atoms with Gasteiger partial charge < -0.3 is 5.32 Å². The average Bonchev–Trinajstić information content (AvgIpc) is 2.24. The molecule has 1 N–H and O–H groups in total. The molecule has 0 bridgehead atoms. The Bertz CT molecular complexity index is 432. The molecule has 1 unspecified atom stereocenters. The standard InChI is InChI=1S/C17H27NO/c1-12(18-17(5,6)7)15(19)13-8-10-14(11-9-13)16(2,3)4/h8-12,18H,1-7H3. The van der Waals surface area contributed by atoms with Crippen LogP contribution in [-0.4, -0.2) is 17.4 Å². The maximum absolute atomic E-state index is 12.3. The summed E-state index contributed by atoms with van der Waals surface area (Å²) in [5.74, 6) is 0.149. The number of ketones is 1. The van der Waals surface area contributed by atoms with E-state index in [0.29, 0.717) is 0 Å². The quantitative estimate of drug-likeness (QED) is 0.835. The minimum Gasteiger partial charge on any atom is -0.303 e. The van der Waals surface area contributed by atoms with Crippen LogP contribution in [0.4, 0.5) is 0 Å². The van der Waals surface area contributed by atoms with Gasteiger partial charge in [0.15, 0.2) is 5.78 Å². The highest BCUT2D eigenvalue weighted by atomic mass is 16.1. The molecule has 1 aromatic carbocycles. The maximum atomic E-state index is 12.3. The van der Waals surface area contributed by atoms with E-state index in [1.54, 1.807) is 0 Å². The fourth-order valence-corrected chi connectivity index (χ4v) is 2.10. The number of benzene rings is 1. The molecular formula is C17H27NO. The number of rotatable bonds is 3. The van der Waals surface area contributed by atoms with Gasteiger partial charge in [-0.05, 0) is 38.7 Å². The Labute approximate surface area is 117 Å². The van der Waals surface area contributed by atoms with Gasteiger partial charge in [0, 0.05) is 11.1 Å². The van der Waals surface area contributed by atoms with Crippen LogP contribution in [0, 0.1) is 0 Å². The summed E-state index contributed by atoms with van der Waals surface area (Å²) in [7, 11) is 0. The summed E-state index contributed by atoms with van der Waals surface area (Å²) in [5, 5.41) is 3.31. The summed E-state index contributed by atoms with van der Waals surface area (Å²) >= 11 is 0. The van der Waals surface area contributed by atoms with Crippen molar-refractivity contribution in [1.82, 2.24) is 5.32 Å². The lowest BCUT2D eigenvalue weighted by Crippen LogP contribution is -2.46. The number of hydrogen-bond acceptors (Lipinski definition) is 2. The predicted molar refractivity (Wildman–Crippen MR) is 81.8 cm³/mol. The lowest BCUT2D eigenvalue weighted by molar-refractivity contribution is 0.0935. The van der Waals surface area contributed by atoms with Crippen molar-refractivity contribution in [3.8, 4) is 0 Å². The normalized spacial score (nSPS) is 14.3. The van der Waals surface area contributed by atoms with Gasteiger partial charge in [-0.3, -0.25) is 4.79 Å². The van der Waals surface area contributed by atoms with E-state index >= 15 is 0 Å². The van der Waals surface area contributed by atoms with Crippen LogP contribution in [0.15, 0.2) is 24.3 Å². The minimum absolute atomic E-state index is 0.0551. The molecule has 0 saturated carbocycles. The SMILES string of the molecule is CC(NC(C)(C)C)C(=O)c1ccc(C(C)(C)C)cc1. The Hall–Kier alpha value is -1.15. The Morgan fingerprint density at radius 1 is 1.00 bits per heavy atom. The number of carbonyl (C=O) groups is 1. The van der Waals surface area contributed by atoms with Crippen molar-refractivity contribution in [2.75, 3.05) is 0 Å². The first-order valence-corrected chi connectivity index (χ1v) is 6.93.